The summed E-state index contributed by atoms with van der Waals surface area (Å²) in [7, 11) is 1.62. The monoisotopic (exact) mass is 375 g/mol. The van der Waals surface area contributed by atoms with E-state index in [4.69, 9.17) is 4.74 Å². The van der Waals surface area contributed by atoms with Crippen LogP contribution in [-0.4, -0.2) is 25.3 Å². The predicted molar refractivity (Wildman–Crippen MR) is 96.0 cm³/mol. The first-order valence-corrected chi connectivity index (χ1v) is 7.85. The number of rotatable bonds is 6. The van der Waals surface area contributed by atoms with Gasteiger partial charge in [-0.15, -0.1) is 0 Å². The van der Waals surface area contributed by atoms with Gasteiger partial charge in [0.25, 0.3) is 5.91 Å². The van der Waals surface area contributed by atoms with Crippen LogP contribution in [0.25, 0.3) is 0 Å². The van der Waals surface area contributed by atoms with E-state index in [1.165, 1.54) is 0 Å². The summed E-state index contributed by atoms with van der Waals surface area (Å²) in [5.74, 6) is 0.574. The number of ether oxygens (including phenoxy) is 1. The molecule has 0 fully saturated rings. The number of halogens is 1. The molecule has 120 valence electrons. The summed E-state index contributed by atoms with van der Waals surface area (Å²) in [6.45, 7) is 1.99. The number of hydrogen-bond acceptors (Lipinski definition) is 4. The highest BCUT2D eigenvalue weighted by Gasteiger charge is 2.02. The number of carbonyl (C=O) groups is 1. The number of carbonyl (C=O) groups excluding carboxylic acids is 1. The van der Waals surface area contributed by atoms with E-state index in [2.05, 4.69) is 31.8 Å². The predicted octanol–water partition coefficient (Wildman–Crippen LogP) is 3.41. The third-order valence-corrected chi connectivity index (χ3v) is 3.68. The Morgan fingerprint density at radius 3 is 2.39 bits per heavy atom. The van der Waals surface area contributed by atoms with Crippen molar-refractivity contribution < 1.29 is 9.53 Å². The zero-order chi connectivity index (χ0) is 16.7. The van der Waals surface area contributed by atoms with Crippen molar-refractivity contribution in [3.8, 4) is 5.75 Å². The zero-order valence-electron chi connectivity index (χ0n) is 13.0. The smallest absolute Gasteiger partial charge is 0.259 e. The number of methoxy groups -OCH3 is 1. The summed E-state index contributed by atoms with van der Waals surface area (Å²) < 4.78 is 6.10. The molecule has 0 saturated carbocycles. The molecule has 0 bridgehead atoms. The maximum atomic E-state index is 11.8. The highest BCUT2D eigenvalue weighted by molar-refractivity contribution is 9.10. The molecule has 0 saturated heterocycles. The van der Waals surface area contributed by atoms with Gasteiger partial charge in [0.05, 0.1) is 19.4 Å². The van der Waals surface area contributed by atoms with Gasteiger partial charge in [0.1, 0.15) is 5.75 Å². The van der Waals surface area contributed by atoms with Crippen molar-refractivity contribution in [2.45, 2.75) is 6.92 Å². The molecule has 1 amide bonds. The molecular weight excluding hydrogens is 358 g/mol. The van der Waals surface area contributed by atoms with Gasteiger partial charge in [-0.3, -0.25) is 4.79 Å². The number of amides is 1. The van der Waals surface area contributed by atoms with E-state index in [0.717, 1.165) is 27.2 Å². The molecule has 2 aromatic rings. The van der Waals surface area contributed by atoms with Crippen molar-refractivity contribution in [1.29, 1.82) is 0 Å². The van der Waals surface area contributed by atoms with Gasteiger partial charge in [-0.05, 0) is 61.0 Å². The molecule has 0 aliphatic carbocycles. The summed E-state index contributed by atoms with van der Waals surface area (Å²) in [6.07, 6.45) is 0. The molecular formula is C17H18BrN3O2. The Morgan fingerprint density at radius 2 is 1.78 bits per heavy atom. The standard InChI is InChI=1S/C17H18BrN3O2/c1-12(13-3-9-16(23-2)10-4-13)20-21-17(22)11-19-15-7-5-14(18)6-8-15/h3-10,19H,11H2,1-2H3,(H,21,22)/b20-12-. The lowest BCUT2D eigenvalue weighted by Crippen LogP contribution is -2.26. The average molecular weight is 376 g/mol. The Morgan fingerprint density at radius 1 is 1.13 bits per heavy atom. The molecule has 0 atom stereocenters. The number of hydrazone groups is 1. The fourth-order valence-electron chi connectivity index (χ4n) is 1.83. The van der Waals surface area contributed by atoms with Crippen LogP contribution in [0.2, 0.25) is 0 Å². The van der Waals surface area contributed by atoms with Gasteiger partial charge in [-0.1, -0.05) is 15.9 Å². The number of hydrogen-bond donors (Lipinski definition) is 2. The highest BCUT2D eigenvalue weighted by Crippen LogP contribution is 2.14. The lowest BCUT2D eigenvalue weighted by Gasteiger charge is -2.06. The molecule has 0 spiro atoms. The Hall–Kier alpha value is -2.34. The van der Waals surface area contributed by atoms with Crippen LogP contribution < -0.4 is 15.5 Å². The van der Waals surface area contributed by atoms with Crippen LogP contribution >= 0.6 is 15.9 Å². The van der Waals surface area contributed by atoms with Crippen LogP contribution in [0.4, 0.5) is 5.69 Å². The molecule has 0 unspecified atom stereocenters. The normalized spacial score (nSPS) is 11.0. The largest absolute Gasteiger partial charge is 0.497 e. The third kappa shape index (κ3) is 5.41. The van der Waals surface area contributed by atoms with Crippen LogP contribution in [0, 0.1) is 0 Å². The molecule has 2 N–H and O–H groups in total. The van der Waals surface area contributed by atoms with E-state index >= 15 is 0 Å². The molecule has 0 aliphatic heterocycles. The molecule has 2 aromatic carbocycles. The summed E-state index contributed by atoms with van der Waals surface area (Å²) in [5, 5.41) is 7.14. The van der Waals surface area contributed by atoms with Gasteiger partial charge in [0, 0.05) is 10.2 Å². The molecule has 6 heteroatoms. The lowest BCUT2D eigenvalue weighted by molar-refractivity contribution is -0.119. The Labute approximate surface area is 143 Å². The van der Waals surface area contributed by atoms with Crippen LogP contribution in [0.1, 0.15) is 12.5 Å². The second kappa shape index (κ2) is 8.33. The lowest BCUT2D eigenvalue weighted by atomic mass is 10.1. The molecule has 0 aliphatic rings. The second-order valence-corrected chi connectivity index (χ2v) is 5.74. The van der Waals surface area contributed by atoms with Crippen molar-refractivity contribution in [3.63, 3.8) is 0 Å². The van der Waals surface area contributed by atoms with Crippen LogP contribution in [-0.2, 0) is 4.79 Å². The van der Waals surface area contributed by atoms with E-state index in [-0.39, 0.29) is 12.5 Å². The maximum Gasteiger partial charge on any atom is 0.259 e. The van der Waals surface area contributed by atoms with Crippen LogP contribution in [0.3, 0.4) is 0 Å². The third-order valence-electron chi connectivity index (χ3n) is 3.15. The number of nitrogens with zero attached hydrogens (tertiary/aromatic N) is 1. The van der Waals surface area contributed by atoms with Gasteiger partial charge < -0.3 is 10.1 Å². The summed E-state index contributed by atoms with van der Waals surface area (Å²) in [6, 6.07) is 15.1. The Bertz CT molecular complexity index is 682. The quantitative estimate of drug-likeness (QED) is 0.600. The SMILES string of the molecule is COc1ccc(/C(C)=N\NC(=O)CNc2ccc(Br)cc2)cc1. The summed E-state index contributed by atoms with van der Waals surface area (Å²) in [4.78, 5) is 11.8. The molecule has 0 radical (unpaired) electrons. The number of nitrogens with one attached hydrogen (secondary N) is 2. The molecule has 0 heterocycles. The second-order valence-electron chi connectivity index (χ2n) is 4.82. The summed E-state index contributed by atoms with van der Waals surface area (Å²) in [5.41, 5.74) is 5.06. The minimum absolute atomic E-state index is 0.154. The van der Waals surface area contributed by atoms with Crippen molar-refractivity contribution in [2.24, 2.45) is 5.10 Å². The average Bonchev–Trinajstić information content (AvgIpc) is 2.59. The van der Waals surface area contributed by atoms with Crippen LogP contribution in [0.15, 0.2) is 58.1 Å². The van der Waals surface area contributed by atoms with E-state index in [1.54, 1.807) is 7.11 Å². The Kier molecular flexibility index (Phi) is 6.17. The van der Waals surface area contributed by atoms with Crippen molar-refractivity contribution >= 4 is 33.2 Å². The van der Waals surface area contributed by atoms with Gasteiger partial charge in [0.15, 0.2) is 0 Å². The van der Waals surface area contributed by atoms with Gasteiger partial charge in [-0.25, -0.2) is 5.43 Å². The van der Waals surface area contributed by atoms with E-state index in [0.29, 0.717) is 0 Å². The number of benzene rings is 2. The van der Waals surface area contributed by atoms with Gasteiger partial charge in [0.2, 0.25) is 0 Å². The first-order chi connectivity index (χ1) is 11.1. The van der Waals surface area contributed by atoms with Crippen molar-refractivity contribution in [3.05, 3.63) is 58.6 Å². The zero-order valence-corrected chi connectivity index (χ0v) is 14.6. The number of anilines is 1. The molecule has 0 aromatic heterocycles. The molecule has 2 rings (SSSR count). The first kappa shape index (κ1) is 17.0. The fourth-order valence-corrected chi connectivity index (χ4v) is 2.10. The van der Waals surface area contributed by atoms with Crippen molar-refractivity contribution in [1.82, 2.24) is 5.43 Å². The first-order valence-electron chi connectivity index (χ1n) is 7.05. The fraction of sp³-hybridized carbons (Fsp3) is 0.176. The van der Waals surface area contributed by atoms with Crippen LogP contribution in [0.5, 0.6) is 5.75 Å². The van der Waals surface area contributed by atoms with Gasteiger partial charge in [-0.2, -0.15) is 5.10 Å². The highest BCUT2D eigenvalue weighted by atomic mass is 79.9. The minimum atomic E-state index is -0.208. The maximum absolute atomic E-state index is 11.8. The van der Waals surface area contributed by atoms with E-state index in [1.807, 2.05) is 55.5 Å². The van der Waals surface area contributed by atoms with Gasteiger partial charge >= 0.3 is 0 Å². The van der Waals surface area contributed by atoms with Crippen molar-refractivity contribution in [2.75, 3.05) is 19.0 Å². The van der Waals surface area contributed by atoms with E-state index < -0.39 is 0 Å². The van der Waals surface area contributed by atoms with E-state index in [9.17, 15) is 4.79 Å². The Balaban J connectivity index is 1.85. The summed E-state index contributed by atoms with van der Waals surface area (Å²) >= 11 is 3.36. The minimum Gasteiger partial charge on any atom is -0.497 e. The molecule has 5 nitrogen and oxygen atoms in total. The molecule has 23 heavy (non-hydrogen) atoms. The topological polar surface area (TPSA) is 62.7 Å².